The first-order chi connectivity index (χ1) is 11.3. The van der Waals surface area contributed by atoms with E-state index >= 15 is 0 Å². The number of fused-ring (bicyclic) bond motifs is 1. The van der Waals surface area contributed by atoms with Crippen LogP contribution in [0.2, 0.25) is 0 Å². The van der Waals surface area contributed by atoms with Gasteiger partial charge in [0.25, 0.3) is 0 Å². The Balaban J connectivity index is 1.41. The third-order valence-corrected chi connectivity index (χ3v) is 4.98. The fraction of sp³-hybridized carbons (Fsp3) is 0.312. The quantitative estimate of drug-likeness (QED) is 0.735. The average Bonchev–Trinajstić information content (AvgIpc) is 3.20. The zero-order valence-corrected chi connectivity index (χ0v) is 13.2. The summed E-state index contributed by atoms with van der Waals surface area (Å²) in [6.07, 6.45) is 5.91. The second-order valence-electron chi connectivity index (χ2n) is 5.56. The smallest absolute Gasteiger partial charge is 0.232 e. The van der Waals surface area contributed by atoms with Crippen molar-refractivity contribution in [2.45, 2.75) is 6.42 Å². The molecule has 0 amide bonds. The Morgan fingerprint density at radius 1 is 1.35 bits per heavy atom. The van der Waals surface area contributed by atoms with Gasteiger partial charge in [-0.05, 0) is 24.6 Å². The molecule has 1 unspecified atom stereocenters. The summed E-state index contributed by atoms with van der Waals surface area (Å²) in [5, 5.41) is 0.951. The van der Waals surface area contributed by atoms with Crippen LogP contribution in [0, 0.1) is 11.7 Å². The van der Waals surface area contributed by atoms with E-state index in [1.54, 1.807) is 30.7 Å². The Morgan fingerprint density at radius 2 is 2.30 bits per heavy atom. The minimum Gasteiger partial charge on any atom is -0.476 e. The van der Waals surface area contributed by atoms with Crippen molar-refractivity contribution in [2.24, 2.45) is 5.92 Å². The van der Waals surface area contributed by atoms with Gasteiger partial charge < -0.3 is 9.64 Å². The van der Waals surface area contributed by atoms with Gasteiger partial charge in [0.1, 0.15) is 5.82 Å². The first-order valence-electron chi connectivity index (χ1n) is 7.48. The lowest BCUT2D eigenvalue weighted by Gasteiger charge is -2.15. The van der Waals surface area contributed by atoms with Crippen LogP contribution in [0.4, 0.5) is 9.52 Å². The van der Waals surface area contributed by atoms with Crippen LogP contribution in [-0.4, -0.2) is 34.6 Å². The van der Waals surface area contributed by atoms with Gasteiger partial charge in [-0.2, -0.15) is 0 Å². The first-order valence-corrected chi connectivity index (χ1v) is 8.29. The molecule has 2 aromatic heterocycles. The maximum atomic E-state index is 13.3. The lowest BCUT2D eigenvalue weighted by molar-refractivity contribution is 0.251. The number of rotatable bonds is 4. The van der Waals surface area contributed by atoms with Crippen LogP contribution >= 0.6 is 11.3 Å². The molecule has 0 radical (unpaired) electrons. The first kappa shape index (κ1) is 14.3. The standard InChI is InChI=1S/C16H15FN4OS/c17-12-1-2-13-14(7-12)23-16(20-13)21-6-3-11(9-21)10-22-15-8-18-4-5-19-15/h1-2,4-5,7-8,11H,3,6,9-10H2. The van der Waals surface area contributed by atoms with E-state index in [0.29, 0.717) is 18.4 Å². The van der Waals surface area contributed by atoms with Crippen LogP contribution in [-0.2, 0) is 0 Å². The summed E-state index contributed by atoms with van der Waals surface area (Å²) in [5.41, 5.74) is 0.852. The molecule has 1 saturated heterocycles. The molecule has 0 N–H and O–H groups in total. The van der Waals surface area contributed by atoms with Gasteiger partial charge in [-0.3, -0.25) is 4.98 Å². The maximum absolute atomic E-state index is 13.3. The van der Waals surface area contributed by atoms with E-state index in [9.17, 15) is 4.39 Å². The van der Waals surface area contributed by atoms with Crippen molar-refractivity contribution in [3.63, 3.8) is 0 Å². The molecule has 1 aromatic carbocycles. The van der Waals surface area contributed by atoms with Crippen LogP contribution in [0.15, 0.2) is 36.8 Å². The number of benzene rings is 1. The Labute approximate surface area is 136 Å². The van der Waals surface area contributed by atoms with Crippen molar-refractivity contribution in [3.8, 4) is 5.88 Å². The summed E-state index contributed by atoms with van der Waals surface area (Å²) < 4.78 is 19.9. The van der Waals surface area contributed by atoms with Gasteiger partial charge in [-0.1, -0.05) is 11.3 Å². The van der Waals surface area contributed by atoms with Gasteiger partial charge in [-0.25, -0.2) is 14.4 Å². The highest BCUT2D eigenvalue weighted by molar-refractivity contribution is 7.22. The van der Waals surface area contributed by atoms with Gasteiger partial charge in [0.05, 0.1) is 23.0 Å². The highest BCUT2D eigenvalue weighted by Crippen LogP contribution is 2.32. The van der Waals surface area contributed by atoms with E-state index < -0.39 is 0 Å². The highest BCUT2D eigenvalue weighted by atomic mass is 32.1. The summed E-state index contributed by atoms with van der Waals surface area (Å²) in [6, 6.07) is 4.73. The molecule has 0 saturated carbocycles. The number of ether oxygens (including phenoxy) is 1. The molecular formula is C16H15FN4OS. The molecule has 0 aliphatic carbocycles. The molecule has 1 aliphatic heterocycles. The Morgan fingerprint density at radius 3 is 3.17 bits per heavy atom. The van der Waals surface area contributed by atoms with Crippen molar-refractivity contribution >= 4 is 26.7 Å². The zero-order valence-electron chi connectivity index (χ0n) is 12.4. The van der Waals surface area contributed by atoms with E-state index in [1.807, 2.05) is 0 Å². The molecule has 3 heterocycles. The number of halogens is 1. The predicted octanol–water partition coefficient (Wildman–Crippen LogP) is 3.13. The van der Waals surface area contributed by atoms with Gasteiger partial charge in [0.2, 0.25) is 5.88 Å². The van der Waals surface area contributed by atoms with Gasteiger partial charge in [0, 0.05) is 31.4 Å². The number of thiazole rings is 1. The van der Waals surface area contributed by atoms with E-state index in [0.717, 1.165) is 34.9 Å². The van der Waals surface area contributed by atoms with Crippen LogP contribution in [0.3, 0.4) is 0 Å². The fourth-order valence-corrected chi connectivity index (χ4v) is 3.75. The number of aromatic nitrogens is 3. The van der Waals surface area contributed by atoms with Crippen molar-refractivity contribution in [1.82, 2.24) is 15.0 Å². The minimum absolute atomic E-state index is 0.218. The number of nitrogens with zero attached hydrogens (tertiary/aromatic N) is 4. The van der Waals surface area contributed by atoms with Crippen molar-refractivity contribution in [2.75, 3.05) is 24.6 Å². The van der Waals surface area contributed by atoms with E-state index in [-0.39, 0.29) is 5.82 Å². The Bertz CT molecular complexity index is 810. The zero-order chi connectivity index (χ0) is 15.6. The molecule has 1 fully saturated rings. The molecule has 7 heteroatoms. The SMILES string of the molecule is Fc1ccc2nc(N3CCC(COc4cnccn4)C3)sc2c1. The van der Waals surface area contributed by atoms with Crippen LogP contribution < -0.4 is 9.64 Å². The monoisotopic (exact) mass is 330 g/mol. The molecule has 4 rings (SSSR count). The number of hydrogen-bond donors (Lipinski definition) is 0. The van der Waals surface area contributed by atoms with Crippen molar-refractivity contribution in [1.29, 1.82) is 0 Å². The molecule has 1 aliphatic rings. The summed E-state index contributed by atoms with van der Waals surface area (Å²) in [6.45, 7) is 2.45. The van der Waals surface area contributed by atoms with Crippen LogP contribution in [0.25, 0.3) is 10.2 Å². The van der Waals surface area contributed by atoms with Gasteiger partial charge >= 0.3 is 0 Å². The van der Waals surface area contributed by atoms with Crippen LogP contribution in [0.5, 0.6) is 5.88 Å². The van der Waals surface area contributed by atoms with Crippen LogP contribution in [0.1, 0.15) is 6.42 Å². The average molecular weight is 330 g/mol. The second kappa shape index (κ2) is 6.08. The maximum Gasteiger partial charge on any atom is 0.232 e. The summed E-state index contributed by atoms with van der Waals surface area (Å²) in [4.78, 5) is 14.9. The molecular weight excluding hydrogens is 315 g/mol. The van der Waals surface area contributed by atoms with Gasteiger partial charge in [0.15, 0.2) is 5.13 Å². The normalized spacial score (nSPS) is 17.8. The largest absolute Gasteiger partial charge is 0.476 e. The van der Waals surface area contributed by atoms with Gasteiger partial charge in [-0.15, -0.1) is 0 Å². The third-order valence-electron chi connectivity index (χ3n) is 3.90. The lowest BCUT2D eigenvalue weighted by Crippen LogP contribution is -2.21. The molecule has 0 bridgehead atoms. The van der Waals surface area contributed by atoms with E-state index in [1.165, 1.54) is 17.4 Å². The Hall–Kier alpha value is -2.28. The summed E-state index contributed by atoms with van der Waals surface area (Å²) in [7, 11) is 0. The highest BCUT2D eigenvalue weighted by Gasteiger charge is 2.25. The number of hydrogen-bond acceptors (Lipinski definition) is 6. The van der Waals surface area contributed by atoms with Crippen molar-refractivity contribution in [3.05, 3.63) is 42.6 Å². The minimum atomic E-state index is -0.218. The number of anilines is 1. The fourth-order valence-electron chi connectivity index (χ4n) is 2.73. The third kappa shape index (κ3) is 3.10. The predicted molar refractivity (Wildman–Crippen MR) is 87.4 cm³/mol. The Kier molecular flexibility index (Phi) is 3.78. The molecule has 1 atom stereocenters. The second-order valence-corrected chi connectivity index (χ2v) is 6.57. The molecule has 5 nitrogen and oxygen atoms in total. The van der Waals surface area contributed by atoms with E-state index in [4.69, 9.17) is 4.74 Å². The van der Waals surface area contributed by atoms with Crippen molar-refractivity contribution < 1.29 is 9.13 Å². The topological polar surface area (TPSA) is 51.1 Å². The lowest BCUT2D eigenvalue weighted by atomic mass is 10.1. The molecule has 0 spiro atoms. The molecule has 118 valence electrons. The summed E-state index contributed by atoms with van der Waals surface area (Å²) >= 11 is 1.54. The molecule has 3 aromatic rings. The molecule has 23 heavy (non-hydrogen) atoms. The summed E-state index contributed by atoms with van der Waals surface area (Å²) in [5.74, 6) is 0.770. The van der Waals surface area contributed by atoms with E-state index in [2.05, 4.69) is 19.9 Å².